The first-order valence-electron chi connectivity index (χ1n) is 8.79. The van der Waals surface area contributed by atoms with Gasteiger partial charge in [0.1, 0.15) is 0 Å². The summed E-state index contributed by atoms with van der Waals surface area (Å²) >= 11 is 26.2. The van der Waals surface area contributed by atoms with Gasteiger partial charge in [-0.1, -0.05) is 70.7 Å². The number of fused-ring (bicyclic) bond motifs is 15. The molecule has 3 saturated carbocycles. The van der Waals surface area contributed by atoms with Gasteiger partial charge in [-0.15, -0.1) is 0 Å². The Morgan fingerprint density at radius 2 is 1.12 bits per heavy atom. The van der Waals surface area contributed by atoms with E-state index in [4.69, 9.17) is 46.4 Å². The molecule has 4 bridgehead atoms. The highest BCUT2D eigenvalue weighted by Gasteiger charge is 2.68. The molecule has 0 aliphatic heterocycles. The van der Waals surface area contributed by atoms with Crippen molar-refractivity contribution in [2.24, 2.45) is 35.5 Å². The van der Waals surface area contributed by atoms with E-state index < -0.39 is 0 Å². The van der Waals surface area contributed by atoms with Crippen LogP contribution in [0.15, 0.2) is 44.4 Å². The maximum atomic E-state index is 6.69. The minimum absolute atomic E-state index is 0.284. The molecule has 1 aromatic rings. The highest BCUT2D eigenvalue weighted by Crippen LogP contribution is 2.76. The van der Waals surface area contributed by atoms with E-state index in [0.717, 1.165) is 21.9 Å². The van der Waals surface area contributed by atoms with Gasteiger partial charge >= 0.3 is 0 Å². The molecule has 1 aromatic carbocycles. The molecule has 0 radical (unpaired) electrons. The van der Waals surface area contributed by atoms with Crippen LogP contribution in [0.1, 0.15) is 35.8 Å². The van der Waals surface area contributed by atoms with Crippen molar-refractivity contribution in [3.8, 4) is 0 Å². The summed E-state index contributed by atoms with van der Waals surface area (Å²) in [6.45, 7) is 0. The quantitative estimate of drug-likeness (QED) is 0.423. The van der Waals surface area contributed by atoms with Gasteiger partial charge in [-0.05, 0) is 59.5 Å². The van der Waals surface area contributed by atoms with Crippen LogP contribution in [0.5, 0.6) is 0 Å². The van der Waals surface area contributed by atoms with Crippen LogP contribution in [0.3, 0.4) is 0 Å². The first kappa shape index (κ1) is 15.0. The Labute approximate surface area is 161 Å². The van der Waals surface area contributed by atoms with E-state index in [2.05, 4.69) is 24.3 Å². The molecule has 0 amide bonds. The maximum Gasteiger partial charge on any atom is 0.0752 e. The Hall–Kier alpha value is -0.140. The molecule has 0 N–H and O–H groups in total. The van der Waals surface area contributed by atoms with Gasteiger partial charge in [0.25, 0.3) is 0 Å². The largest absolute Gasteiger partial charge is 0.0871 e. The van der Waals surface area contributed by atoms with Gasteiger partial charge < -0.3 is 0 Å². The van der Waals surface area contributed by atoms with Crippen molar-refractivity contribution >= 4 is 46.4 Å². The average molecular weight is 398 g/mol. The van der Waals surface area contributed by atoms with Gasteiger partial charge in [0.2, 0.25) is 0 Å². The molecule has 0 unspecified atom stereocenters. The second-order valence-electron chi connectivity index (χ2n) is 8.17. The minimum Gasteiger partial charge on any atom is -0.0871 e. The van der Waals surface area contributed by atoms with E-state index in [0.29, 0.717) is 33.7 Å². The number of rotatable bonds is 0. The first-order chi connectivity index (χ1) is 11.6. The number of halogens is 4. The fraction of sp³-hybridized carbons (Fsp3) is 0.500. The van der Waals surface area contributed by atoms with Crippen LogP contribution in [-0.4, -0.2) is 0 Å². The molecule has 6 rings (SSSR count). The van der Waals surface area contributed by atoms with Crippen LogP contribution in [0.4, 0.5) is 0 Å². The molecule has 0 spiro atoms. The van der Waals surface area contributed by atoms with Gasteiger partial charge in [0, 0.05) is 21.9 Å². The Morgan fingerprint density at radius 1 is 0.667 bits per heavy atom. The fourth-order valence-corrected chi connectivity index (χ4v) is 8.61. The second-order valence-corrected chi connectivity index (χ2v) is 9.74. The normalized spacial score (nSPS) is 47.3. The van der Waals surface area contributed by atoms with Crippen LogP contribution >= 0.6 is 46.4 Å². The standard InChI is InChI=1S/C20H16Cl4/c21-17-15-11-6-12(16(15)18(22)20(24)19(17)23)14-10-5-9(13(11)14)7-3-1-2-4-8(7)10/h1-4,9-16H,5-6H2/t9-,10+,11-,12+,13-,14+,15-,16+. The zero-order valence-electron chi connectivity index (χ0n) is 12.9. The zero-order valence-corrected chi connectivity index (χ0v) is 15.9. The Bertz CT molecular complexity index is 771. The van der Waals surface area contributed by atoms with Gasteiger partial charge in [-0.2, -0.15) is 0 Å². The molecule has 0 heterocycles. The van der Waals surface area contributed by atoms with Crippen LogP contribution in [0.2, 0.25) is 0 Å². The van der Waals surface area contributed by atoms with Crippen LogP contribution in [0.25, 0.3) is 0 Å². The van der Waals surface area contributed by atoms with Crippen LogP contribution in [-0.2, 0) is 0 Å². The Balaban J connectivity index is 1.50. The third-order valence-electron chi connectivity index (χ3n) is 7.72. The molecule has 3 fully saturated rings. The highest BCUT2D eigenvalue weighted by atomic mass is 35.5. The summed E-state index contributed by atoms with van der Waals surface area (Å²) in [4.78, 5) is 0. The average Bonchev–Trinajstić information content (AvgIpc) is 3.33. The Kier molecular flexibility index (Phi) is 2.97. The smallest absolute Gasteiger partial charge is 0.0752 e. The third kappa shape index (κ3) is 1.53. The summed E-state index contributed by atoms with van der Waals surface area (Å²) in [5.41, 5.74) is 3.18. The lowest BCUT2D eigenvalue weighted by molar-refractivity contribution is 0.139. The molecule has 0 nitrogen and oxygen atoms in total. The predicted octanol–water partition coefficient (Wildman–Crippen LogP) is 6.78. The van der Waals surface area contributed by atoms with Crippen molar-refractivity contribution in [1.82, 2.24) is 0 Å². The van der Waals surface area contributed by atoms with Crippen LogP contribution < -0.4 is 0 Å². The van der Waals surface area contributed by atoms with E-state index >= 15 is 0 Å². The van der Waals surface area contributed by atoms with Crippen molar-refractivity contribution in [2.45, 2.75) is 24.7 Å². The van der Waals surface area contributed by atoms with Crippen LogP contribution in [0, 0.1) is 35.5 Å². The lowest BCUT2D eigenvalue weighted by Crippen LogP contribution is -2.39. The monoisotopic (exact) mass is 396 g/mol. The van der Waals surface area contributed by atoms with Gasteiger partial charge in [0.05, 0.1) is 10.1 Å². The summed E-state index contributed by atoms with van der Waals surface area (Å²) in [5.74, 6) is 4.68. The maximum absolute atomic E-state index is 6.69. The minimum atomic E-state index is 0.284. The lowest BCUT2D eigenvalue weighted by Gasteiger charge is -2.45. The SMILES string of the molecule is ClC1=C(Cl)[C@@H]2[C@@H]3C[C@H]([C@@H]2C(Cl)=C1Cl)[C@H]1[C@@H]3[C@@H]2C[C@H]1c1ccccc12. The number of benzene rings is 1. The highest BCUT2D eigenvalue weighted by molar-refractivity contribution is 6.51. The zero-order chi connectivity index (χ0) is 16.3. The van der Waals surface area contributed by atoms with E-state index in [1.54, 1.807) is 11.1 Å². The topological polar surface area (TPSA) is 0 Å². The number of hydrogen-bond donors (Lipinski definition) is 0. The number of allylic oxidation sites excluding steroid dienone is 4. The molecule has 0 saturated heterocycles. The third-order valence-corrected chi connectivity index (χ3v) is 9.67. The van der Waals surface area contributed by atoms with Crippen molar-refractivity contribution in [1.29, 1.82) is 0 Å². The molecule has 4 heteroatoms. The molecule has 124 valence electrons. The van der Waals surface area contributed by atoms with Crippen molar-refractivity contribution in [2.75, 3.05) is 0 Å². The summed E-state index contributed by atoms with van der Waals surface area (Å²) in [6.07, 6.45) is 2.54. The van der Waals surface area contributed by atoms with Gasteiger partial charge in [0.15, 0.2) is 0 Å². The molecule has 24 heavy (non-hydrogen) atoms. The van der Waals surface area contributed by atoms with Crippen molar-refractivity contribution in [3.63, 3.8) is 0 Å². The molecule has 5 aliphatic rings. The predicted molar refractivity (Wildman–Crippen MR) is 99.6 cm³/mol. The lowest BCUT2D eigenvalue weighted by atomic mass is 9.61. The summed E-state index contributed by atoms with van der Waals surface area (Å²) in [6, 6.07) is 9.06. The van der Waals surface area contributed by atoms with E-state index in [1.165, 1.54) is 12.8 Å². The van der Waals surface area contributed by atoms with Crippen molar-refractivity contribution in [3.05, 3.63) is 55.5 Å². The molecule has 5 aliphatic carbocycles. The summed E-state index contributed by atoms with van der Waals surface area (Å²) in [5, 5.41) is 2.49. The summed E-state index contributed by atoms with van der Waals surface area (Å²) < 4.78 is 0. The first-order valence-corrected chi connectivity index (χ1v) is 10.3. The molecular weight excluding hydrogens is 382 g/mol. The molecule has 0 aromatic heterocycles. The van der Waals surface area contributed by atoms with Crippen molar-refractivity contribution < 1.29 is 0 Å². The van der Waals surface area contributed by atoms with Gasteiger partial charge in [-0.3, -0.25) is 0 Å². The Morgan fingerprint density at radius 3 is 1.58 bits per heavy atom. The van der Waals surface area contributed by atoms with E-state index in [9.17, 15) is 0 Å². The fourth-order valence-electron chi connectivity index (χ4n) is 7.27. The summed E-state index contributed by atoms with van der Waals surface area (Å²) in [7, 11) is 0. The second kappa shape index (κ2) is 4.77. The van der Waals surface area contributed by atoms with Gasteiger partial charge in [-0.25, -0.2) is 0 Å². The molecule has 8 atom stereocenters. The molecular formula is C20H16Cl4. The van der Waals surface area contributed by atoms with E-state index in [1.807, 2.05) is 0 Å². The van der Waals surface area contributed by atoms with E-state index in [-0.39, 0.29) is 11.8 Å². The number of hydrogen-bond acceptors (Lipinski definition) is 0.